The van der Waals surface area contributed by atoms with Crippen LogP contribution in [-0.2, 0) is 27.3 Å². The van der Waals surface area contributed by atoms with Crippen LogP contribution in [0.3, 0.4) is 0 Å². The van der Waals surface area contributed by atoms with Crippen molar-refractivity contribution in [3.63, 3.8) is 0 Å². The van der Waals surface area contributed by atoms with Gasteiger partial charge in [0, 0.05) is 17.8 Å². The van der Waals surface area contributed by atoms with Gasteiger partial charge in [-0.15, -0.1) is 11.3 Å². The molecule has 2 aliphatic heterocycles. The van der Waals surface area contributed by atoms with Gasteiger partial charge in [0.25, 0.3) is 5.91 Å². The third-order valence-corrected chi connectivity index (χ3v) is 4.74. The lowest BCUT2D eigenvalue weighted by Crippen LogP contribution is -2.52. The molecule has 6 nitrogen and oxygen atoms in total. The van der Waals surface area contributed by atoms with Crippen molar-refractivity contribution in [1.82, 2.24) is 4.90 Å². The van der Waals surface area contributed by atoms with Crippen molar-refractivity contribution in [2.24, 2.45) is 0 Å². The van der Waals surface area contributed by atoms with Crippen LogP contribution in [0.15, 0.2) is 6.07 Å². The van der Waals surface area contributed by atoms with Crippen molar-refractivity contribution in [2.45, 2.75) is 19.1 Å². The van der Waals surface area contributed by atoms with E-state index in [1.165, 1.54) is 21.1 Å². The number of hydrogen-bond acceptors (Lipinski definition) is 5. The van der Waals surface area contributed by atoms with E-state index in [2.05, 4.69) is 0 Å². The summed E-state index contributed by atoms with van der Waals surface area (Å²) in [5.74, 6) is -1.25. The van der Waals surface area contributed by atoms with Gasteiger partial charge in [0.05, 0.1) is 31.3 Å². The smallest absolute Gasteiger partial charge is 0.328 e. The lowest BCUT2D eigenvalue weighted by atomic mass is 10.1. The molecule has 0 bridgehead atoms. The molecule has 1 fully saturated rings. The van der Waals surface area contributed by atoms with Crippen LogP contribution in [0.4, 0.5) is 0 Å². The molecule has 7 heteroatoms. The van der Waals surface area contributed by atoms with E-state index < -0.39 is 12.0 Å². The Bertz CT molecular complexity index is 517. The van der Waals surface area contributed by atoms with E-state index in [-0.39, 0.29) is 12.5 Å². The standard InChI is InChI=1S/C13H15NO5S/c15-12(14-2-4-19-7-9(14)13(16)17)11-5-8-6-18-3-1-10(8)20-11/h5,9H,1-4,6-7H2,(H,16,17). The quantitative estimate of drug-likeness (QED) is 0.871. The molecule has 1 aromatic heterocycles. The zero-order chi connectivity index (χ0) is 14.1. The summed E-state index contributed by atoms with van der Waals surface area (Å²) in [4.78, 5) is 26.9. The summed E-state index contributed by atoms with van der Waals surface area (Å²) in [6, 6.07) is 0.933. The molecule has 1 amide bonds. The number of thiophene rings is 1. The van der Waals surface area contributed by atoms with Gasteiger partial charge < -0.3 is 19.5 Å². The van der Waals surface area contributed by atoms with E-state index in [0.29, 0.717) is 31.2 Å². The minimum atomic E-state index is -1.03. The molecule has 0 aliphatic carbocycles. The molecule has 0 radical (unpaired) electrons. The summed E-state index contributed by atoms with van der Waals surface area (Å²) in [7, 11) is 0. The SMILES string of the molecule is O=C(O)C1COCCN1C(=O)c1cc2c(s1)CCOC2. The number of morpholine rings is 1. The van der Waals surface area contributed by atoms with Gasteiger partial charge in [-0.05, 0) is 11.6 Å². The fraction of sp³-hybridized carbons (Fsp3) is 0.538. The molecule has 1 atom stereocenters. The monoisotopic (exact) mass is 297 g/mol. The highest BCUT2D eigenvalue weighted by atomic mass is 32.1. The summed E-state index contributed by atoms with van der Waals surface area (Å²) in [6.45, 7) is 1.95. The Morgan fingerprint density at radius 3 is 2.95 bits per heavy atom. The maximum absolute atomic E-state index is 12.5. The van der Waals surface area contributed by atoms with Gasteiger partial charge in [0.15, 0.2) is 6.04 Å². The first-order valence-corrected chi connectivity index (χ1v) is 7.29. The second-order valence-corrected chi connectivity index (χ2v) is 5.93. The van der Waals surface area contributed by atoms with Gasteiger partial charge in [-0.25, -0.2) is 4.79 Å². The number of carboxylic acid groups (broad SMARTS) is 1. The van der Waals surface area contributed by atoms with Gasteiger partial charge in [-0.3, -0.25) is 4.79 Å². The van der Waals surface area contributed by atoms with E-state index in [9.17, 15) is 14.7 Å². The Morgan fingerprint density at radius 1 is 1.35 bits per heavy atom. The average Bonchev–Trinajstić information content (AvgIpc) is 2.90. The summed E-state index contributed by atoms with van der Waals surface area (Å²) >= 11 is 1.45. The maximum atomic E-state index is 12.5. The van der Waals surface area contributed by atoms with Gasteiger partial charge in [0.1, 0.15) is 0 Å². The van der Waals surface area contributed by atoms with Crippen LogP contribution in [0.25, 0.3) is 0 Å². The third-order valence-electron chi connectivity index (χ3n) is 3.51. The maximum Gasteiger partial charge on any atom is 0.328 e. The van der Waals surface area contributed by atoms with Crippen molar-refractivity contribution in [3.05, 3.63) is 21.4 Å². The first-order valence-electron chi connectivity index (χ1n) is 6.47. The number of aliphatic carboxylic acids is 1. The number of carboxylic acids is 1. The number of nitrogens with zero attached hydrogens (tertiary/aromatic N) is 1. The van der Waals surface area contributed by atoms with E-state index in [1.807, 2.05) is 6.07 Å². The number of hydrogen-bond donors (Lipinski definition) is 1. The summed E-state index contributed by atoms with van der Waals surface area (Å²) in [5, 5.41) is 9.18. The molecule has 3 rings (SSSR count). The van der Waals surface area contributed by atoms with Crippen molar-refractivity contribution < 1.29 is 24.2 Å². The molecule has 0 saturated carbocycles. The molecular weight excluding hydrogens is 282 g/mol. The molecular formula is C13H15NO5S. The van der Waals surface area contributed by atoms with Crippen LogP contribution in [0.2, 0.25) is 0 Å². The van der Waals surface area contributed by atoms with Crippen molar-refractivity contribution in [3.8, 4) is 0 Å². The largest absolute Gasteiger partial charge is 0.480 e. The van der Waals surface area contributed by atoms with Crippen molar-refractivity contribution >= 4 is 23.2 Å². The lowest BCUT2D eigenvalue weighted by molar-refractivity contribution is -0.147. The van der Waals surface area contributed by atoms with Crippen LogP contribution >= 0.6 is 11.3 Å². The predicted molar refractivity (Wildman–Crippen MR) is 71.0 cm³/mol. The number of carbonyl (C=O) groups is 2. The molecule has 1 saturated heterocycles. The predicted octanol–water partition coefficient (Wildman–Crippen LogP) is 0.746. The Hall–Kier alpha value is -1.44. The zero-order valence-corrected chi connectivity index (χ0v) is 11.6. The van der Waals surface area contributed by atoms with E-state index in [4.69, 9.17) is 9.47 Å². The molecule has 20 heavy (non-hydrogen) atoms. The van der Waals surface area contributed by atoms with Crippen LogP contribution in [0.5, 0.6) is 0 Å². The van der Waals surface area contributed by atoms with E-state index in [0.717, 1.165) is 12.0 Å². The van der Waals surface area contributed by atoms with Crippen molar-refractivity contribution in [2.75, 3.05) is 26.4 Å². The van der Waals surface area contributed by atoms with Gasteiger partial charge in [-0.2, -0.15) is 0 Å². The number of ether oxygens (including phenoxy) is 2. The zero-order valence-electron chi connectivity index (χ0n) is 10.8. The highest BCUT2D eigenvalue weighted by molar-refractivity contribution is 7.14. The van der Waals surface area contributed by atoms with Crippen LogP contribution < -0.4 is 0 Å². The first-order chi connectivity index (χ1) is 9.66. The molecule has 3 heterocycles. The van der Waals surface area contributed by atoms with Gasteiger partial charge >= 0.3 is 5.97 Å². The Balaban J connectivity index is 1.83. The number of carbonyl (C=O) groups excluding carboxylic acids is 1. The van der Waals surface area contributed by atoms with Crippen molar-refractivity contribution in [1.29, 1.82) is 0 Å². The summed E-state index contributed by atoms with van der Waals surface area (Å²) < 4.78 is 10.5. The normalized spacial score (nSPS) is 22.4. The minimum Gasteiger partial charge on any atom is -0.480 e. The fourth-order valence-corrected chi connectivity index (χ4v) is 3.55. The van der Waals surface area contributed by atoms with Crippen LogP contribution in [-0.4, -0.2) is 54.3 Å². The topological polar surface area (TPSA) is 76.1 Å². The highest BCUT2D eigenvalue weighted by Gasteiger charge is 2.34. The molecule has 1 unspecified atom stereocenters. The number of rotatable bonds is 2. The fourth-order valence-electron chi connectivity index (χ4n) is 2.45. The third kappa shape index (κ3) is 2.44. The van der Waals surface area contributed by atoms with Crippen LogP contribution in [0.1, 0.15) is 20.1 Å². The summed E-state index contributed by atoms with van der Waals surface area (Å²) in [6.07, 6.45) is 0.818. The Morgan fingerprint density at radius 2 is 2.20 bits per heavy atom. The van der Waals surface area contributed by atoms with E-state index >= 15 is 0 Å². The first kappa shape index (κ1) is 13.5. The second kappa shape index (κ2) is 5.51. The molecule has 0 aromatic carbocycles. The second-order valence-electron chi connectivity index (χ2n) is 4.79. The van der Waals surface area contributed by atoms with Gasteiger partial charge in [-0.1, -0.05) is 0 Å². The molecule has 1 N–H and O–H groups in total. The number of fused-ring (bicyclic) bond motifs is 1. The van der Waals surface area contributed by atoms with E-state index in [1.54, 1.807) is 0 Å². The van der Waals surface area contributed by atoms with Crippen LogP contribution in [0, 0.1) is 0 Å². The Kier molecular flexibility index (Phi) is 3.73. The lowest BCUT2D eigenvalue weighted by Gasteiger charge is -2.32. The molecule has 108 valence electrons. The van der Waals surface area contributed by atoms with Gasteiger partial charge in [0.2, 0.25) is 0 Å². The molecule has 2 aliphatic rings. The molecule has 0 spiro atoms. The number of amides is 1. The average molecular weight is 297 g/mol. The highest BCUT2D eigenvalue weighted by Crippen LogP contribution is 2.28. The minimum absolute atomic E-state index is 0.0509. The Labute approximate surface area is 119 Å². The molecule has 1 aromatic rings. The summed E-state index contributed by atoms with van der Waals surface area (Å²) in [5.41, 5.74) is 1.05.